The molecule has 2 aromatic rings. The van der Waals surface area contributed by atoms with Crippen molar-refractivity contribution in [2.45, 2.75) is 25.5 Å². The van der Waals surface area contributed by atoms with E-state index in [0.717, 1.165) is 11.1 Å². The number of benzene rings is 1. The number of nitrogens with zero attached hydrogens (tertiary/aromatic N) is 2. The van der Waals surface area contributed by atoms with Gasteiger partial charge >= 0.3 is 0 Å². The maximum atomic E-state index is 11.9. The van der Waals surface area contributed by atoms with Crippen LogP contribution in [0.15, 0.2) is 39.4 Å². The molecule has 1 unspecified atom stereocenters. The molecular formula is C14H15ClN2O2S. The SMILES string of the molecule is CC(C)(C)[S+]([O-])/N=C/c1nocc1-c1ccc(Cl)cc1. The third kappa shape index (κ3) is 3.62. The Balaban J connectivity index is 2.25. The maximum Gasteiger partial charge on any atom is 0.144 e. The molecule has 1 aromatic heterocycles. The lowest BCUT2D eigenvalue weighted by atomic mass is 10.1. The van der Waals surface area contributed by atoms with Crippen LogP contribution in [0.25, 0.3) is 11.1 Å². The smallest absolute Gasteiger partial charge is 0.144 e. The minimum atomic E-state index is -1.32. The van der Waals surface area contributed by atoms with Gasteiger partial charge in [0, 0.05) is 5.02 Å². The fourth-order valence-corrected chi connectivity index (χ4v) is 2.08. The lowest BCUT2D eigenvalue weighted by molar-refractivity contribution is 0.419. The molecule has 6 heteroatoms. The summed E-state index contributed by atoms with van der Waals surface area (Å²) in [6, 6.07) is 7.32. The Bertz CT molecular complexity index is 602. The second-order valence-electron chi connectivity index (χ2n) is 5.22. The van der Waals surface area contributed by atoms with Crippen LogP contribution in [-0.2, 0) is 11.4 Å². The minimum Gasteiger partial charge on any atom is -0.591 e. The number of rotatable bonds is 3. The normalized spacial score (nSPS) is 13.8. The summed E-state index contributed by atoms with van der Waals surface area (Å²) in [7, 11) is 0. The molecule has 0 saturated heterocycles. The van der Waals surface area contributed by atoms with Gasteiger partial charge < -0.3 is 9.08 Å². The van der Waals surface area contributed by atoms with Crippen molar-refractivity contribution < 1.29 is 9.08 Å². The third-order valence-corrected chi connectivity index (χ3v) is 4.14. The van der Waals surface area contributed by atoms with E-state index in [-0.39, 0.29) is 0 Å². The van der Waals surface area contributed by atoms with Gasteiger partial charge in [0.1, 0.15) is 34.3 Å². The zero-order valence-electron chi connectivity index (χ0n) is 11.5. The number of hydrogen-bond donors (Lipinski definition) is 0. The summed E-state index contributed by atoms with van der Waals surface area (Å²) in [5, 5.41) is 4.54. The van der Waals surface area contributed by atoms with Crippen LogP contribution in [0.5, 0.6) is 0 Å². The second-order valence-corrected chi connectivity index (χ2v) is 7.59. The quantitative estimate of drug-likeness (QED) is 0.638. The molecule has 0 amide bonds. The minimum absolute atomic E-state index is 0.402. The maximum absolute atomic E-state index is 11.9. The fourth-order valence-electron chi connectivity index (χ4n) is 1.44. The van der Waals surface area contributed by atoms with Crippen molar-refractivity contribution in [2.24, 2.45) is 4.40 Å². The van der Waals surface area contributed by atoms with Gasteiger partial charge in [0.25, 0.3) is 0 Å². The predicted octanol–water partition coefficient (Wildman–Crippen LogP) is 3.88. The van der Waals surface area contributed by atoms with Gasteiger partial charge in [0.05, 0.1) is 5.56 Å². The topological polar surface area (TPSA) is 61.5 Å². The first-order chi connectivity index (χ1) is 9.38. The molecule has 106 valence electrons. The van der Waals surface area contributed by atoms with Crippen molar-refractivity contribution in [3.63, 3.8) is 0 Å². The molecule has 4 nitrogen and oxygen atoms in total. The highest BCUT2D eigenvalue weighted by Crippen LogP contribution is 2.24. The summed E-state index contributed by atoms with van der Waals surface area (Å²) in [4.78, 5) is 0. The molecule has 20 heavy (non-hydrogen) atoms. The van der Waals surface area contributed by atoms with Crippen LogP contribution in [0.3, 0.4) is 0 Å². The van der Waals surface area contributed by atoms with E-state index in [4.69, 9.17) is 16.1 Å². The number of halogens is 1. The van der Waals surface area contributed by atoms with Crippen LogP contribution >= 0.6 is 11.6 Å². The van der Waals surface area contributed by atoms with E-state index in [1.54, 1.807) is 12.1 Å². The van der Waals surface area contributed by atoms with Gasteiger partial charge in [-0.25, -0.2) is 0 Å². The average Bonchev–Trinajstić information content (AvgIpc) is 2.84. The highest BCUT2D eigenvalue weighted by atomic mass is 35.5. The van der Waals surface area contributed by atoms with Crippen LogP contribution in [0.1, 0.15) is 26.5 Å². The zero-order chi connectivity index (χ0) is 14.8. The molecule has 0 aliphatic rings. The highest BCUT2D eigenvalue weighted by Gasteiger charge is 2.26. The van der Waals surface area contributed by atoms with E-state index in [9.17, 15) is 4.55 Å². The average molecular weight is 311 g/mol. The van der Waals surface area contributed by atoms with E-state index in [1.165, 1.54) is 12.5 Å². The van der Waals surface area contributed by atoms with Crippen LogP contribution in [-0.4, -0.2) is 20.7 Å². The number of aromatic nitrogens is 1. The first-order valence-electron chi connectivity index (χ1n) is 6.04. The van der Waals surface area contributed by atoms with Gasteiger partial charge in [0.2, 0.25) is 0 Å². The first-order valence-corrected chi connectivity index (χ1v) is 7.53. The Morgan fingerprint density at radius 2 is 1.95 bits per heavy atom. The lowest BCUT2D eigenvalue weighted by Crippen LogP contribution is -2.25. The van der Waals surface area contributed by atoms with Crippen molar-refractivity contribution in [3.05, 3.63) is 41.2 Å². The molecule has 0 saturated carbocycles. The van der Waals surface area contributed by atoms with Gasteiger partial charge in [-0.2, -0.15) is 0 Å². The molecule has 2 rings (SSSR count). The summed E-state index contributed by atoms with van der Waals surface area (Å²) in [5.74, 6) is 0. The molecule has 0 bridgehead atoms. The molecule has 0 fully saturated rings. The molecule has 0 N–H and O–H groups in total. The molecule has 1 aromatic carbocycles. The monoisotopic (exact) mass is 310 g/mol. The Morgan fingerprint density at radius 3 is 2.55 bits per heavy atom. The molecule has 0 aliphatic heterocycles. The lowest BCUT2D eigenvalue weighted by Gasteiger charge is -2.17. The summed E-state index contributed by atoms with van der Waals surface area (Å²) >= 11 is 4.54. The standard InChI is InChI=1S/C14H15ClN2O2S/c1-14(2,3)20(18)16-8-13-12(9-19-17-13)10-4-6-11(15)7-5-10/h4-9H,1-3H3/b16-8+. The van der Waals surface area contributed by atoms with Gasteiger partial charge in [-0.3, -0.25) is 0 Å². The summed E-state index contributed by atoms with van der Waals surface area (Å²) < 4.78 is 20.5. The first kappa shape index (κ1) is 15.1. The van der Waals surface area contributed by atoms with Crippen molar-refractivity contribution >= 4 is 29.2 Å². The Labute approximate surface area is 126 Å². The van der Waals surface area contributed by atoms with Crippen LogP contribution in [0.2, 0.25) is 5.02 Å². The van der Waals surface area contributed by atoms with Crippen LogP contribution in [0.4, 0.5) is 0 Å². The Hall–Kier alpha value is -1.30. The molecule has 1 atom stereocenters. The largest absolute Gasteiger partial charge is 0.591 e. The summed E-state index contributed by atoms with van der Waals surface area (Å²) in [6.45, 7) is 5.59. The predicted molar refractivity (Wildman–Crippen MR) is 82.4 cm³/mol. The van der Waals surface area contributed by atoms with E-state index in [1.807, 2.05) is 32.9 Å². The van der Waals surface area contributed by atoms with Crippen LogP contribution < -0.4 is 0 Å². The molecule has 0 spiro atoms. The van der Waals surface area contributed by atoms with Crippen molar-refractivity contribution in [2.75, 3.05) is 0 Å². The molecular weight excluding hydrogens is 296 g/mol. The van der Waals surface area contributed by atoms with Crippen molar-refractivity contribution in [3.8, 4) is 11.1 Å². The van der Waals surface area contributed by atoms with E-state index >= 15 is 0 Å². The van der Waals surface area contributed by atoms with Gasteiger partial charge in [-0.15, -0.1) is 0 Å². The van der Waals surface area contributed by atoms with Gasteiger partial charge in [0.15, 0.2) is 0 Å². The van der Waals surface area contributed by atoms with Gasteiger partial charge in [-0.1, -0.05) is 33.3 Å². The Kier molecular flexibility index (Phi) is 4.52. The summed E-state index contributed by atoms with van der Waals surface area (Å²) in [5.41, 5.74) is 2.25. The third-order valence-electron chi connectivity index (χ3n) is 2.55. The van der Waals surface area contributed by atoms with Gasteiger partial charge in [-0.05, 0) is 38.5 Å². The van der Waals surface area contributed by atoms with Crippen molar-refractivity contribution in [1.82, 2.24) is 5.16 Å². The van der Waals surface area contributed by atoms with E-state index in [0.29, 0.717) is 10.7 Å². The molecule has 1 heterocycles. The zero-order valence-corrected chi connectivity index (χ0v) is 13.0. The van der Waals surface area contributed by atoms with Crippen LogP contribution in [0, 0.1) is 0 Å². The second kappa shape index (κ2) is 5.99. The molecule has 0 radical (unpaired) electrons. The highest BCUT2D eigenvalue weighted by molar-refractivity contribution is 7.91. The summed E-state index contributed by atoms with van der Waals surface area (Å²) in [6.07, 6.45) is 3.01. The fraction of sp³-hybridized carbons (Fsp3) is 0.286. The van der Waals surface area contributed by atoms with Crippen molar-refractivity contribution in [1.29, 1.82) is 0 Å². The van der Waals surface area contributed by atoms with E-state index in [2.05, 4.69) is 9.55 Å². The van der Waals surface area contributed by atoms with E-state index < -0.39 is 16.1 Å². The number of hydrogen-bond acceptors (Lipinski definition) is 4. The molecule has 0 aliphatic carbocycles. The Morgan fingerprint density at radius 1 is 1.30 bits per heavy atom.